The number of methoxy groups -OCH3 is 2. The van der Waals surface area contributed by atoms with Crippen LogP contribution in [0.2, 0.25) is 0 Å². The van der Waals surface area contributed by atoms with Crippen LogP contribution in [0, 0.1) is 0 Å². The van der Waals surface area contributed by atoms with Crippen molar-refractivity contribution in [2.24, 2.45) is 0 Å². The Kier molecular flexibility index (Phi) is 43.9. The predicted molar refractivity (Wildman–Crippen MR) is 322 cm³/mol. The van der Waals surface area contributed by atoms with E-state index in [-0.39, 0.29) is 45.7 Å². The maximum Gasteiger partial charge on any atom is 0.475 e. The summed E-state index contributed by atoms with van der Waals surface area (Å²) in [5.74, 6) is 0. The van der Waals surface area contributed by atoms with Gasteiger partial charge in [0.05, 0.1) is 38.8 Å². The number of carbonyl (C=O) groups excluding carboxylic acids is 1. The molecule has 2 aliphatic heterocycles. The molecule has 2 saturated heterocycles. The first-order valence-electron chi connectivity index (χ1n) is 31.2. The van der Waals surface area contributed by atoms with Crippen LogP contribution in [0.25, 0.3) is 0 Å². The average molecular weight is 1240 g/mol. The second kappa shape index (κ2) is 48.0. The van der Waals surface area contributed by atoms with Gasteiger partial charge in [-0.1, -0.05) is 221 Å². The lowest BCUT2D eigenvalue weighted by atomic mass is 9.96. The van der Waals surface area contributed by atoms with Crippen molar-refractivity contribution in [2.75, 3.05) is 67.1 Å². The predicted octanol–water partition coefficient (Wildman–Crippen LogP) is 15.1. The van der Waals surface area contributed by atoms with Crippen molar-refractivity contribution in [1.82, 2.24) is 5.32 Å². The SMILES string of the molecule is [2H]C(CCCCCCCCCCCC)CO[C@H]1C(O/C=C/C)O[C@H](CO[C@@H]2O[C@H](COC)[C@@H](OP(=O)(OCC=C)OCC=C)[C@H](OCC[C@@H](CCCCCCC)OC)[C@H]2NC(=O)OCC(Cl)(Cl)Cl)[C@@H](O)[C@@H]1OCCCCCCCCCC. The van der Waals surface area contributed by atoms with Crippen LogP contribution in [-0.2, 0) is 65.5 Å². The molecule has 0 spiro atoms. The van der Waals surface area contributed by atoms with Gasteiger partial charge in [-0.15, -0.1) is 13.2 Å². The minimum absolute atomic E-state index is 0.0588. The highest BCUT2D eigenvalue weighted by Gasteiger charge is 2.54. The first kappa shape index (κ1) is 74.2. The van der Waals surface area contributed by atoms with Gasteiger partial charge >= 0.3 is 13.9 Å². The second-order valence-electron chi connectivity index (χ2n) is 21.1. The number of phosphoric ester groups is 1. The molecule has 0 saturated carbocycles. The van der Waals surface area contributed by atoms with Crippen LogP contribution in [0.15, 0.2) is 37.6 Å². The Hall–Kier alpha value is -1.09. The molecule has 0 radical (unpaired) electrons. The molecule has 2 heterocycles. The molecule has 476 valence electrons. The lowest BCUT2D eigenvalue weighted by molar-refractivity contribution is -0.323. The standard InChI is InChI=1S/C60H109Cl3NO16P/c1-9-15-18-21-23-25-26-27-28-30-33-36-43-71-56-55(70-42-35-32-29-24-22-19-16-10-2)52(65)49(78-58(56)73-39-12-4)46-74-57-51(64-59(66)75-47-60(61,62)63)54(72-44-38-48(69-8)37-34-31-20-17-11-3)53(50(79-57)45-68-7)80-81(67,76-40-13-5)77-41-14-6/h12-14,39,48-58,65H,5-6,9-11,15-38,40-47H2,1-4,7-8H3,(H,64,66)/b39-12+/t48-,49-,50-,51-,52-,53-,54-,55+,56-,57-,58?/m1/s1/i36D/t36?,48-,49-,50-,51-,52-,53-,54-,55+,56-,57-,58?. The fraction of sp³-hybridized carbons (Fsp3) is 0.883. The van der Waals surface area contributed by atoms with Crippen molar-refractivity contribution >= 4 is 48.7 Å². The Balaban J connectivity index is 2.56. The highest BCUT2D eigenvalue weighted by atomic mass is 35.6. The summed E-state index contributed by atoms with van der Waals surface area (Å²) in [6, 6.07) is -1.34. The van der Waals surface area contributed by atoms with Crippen molar-refractivity contribution in [3.8, 4) is 0 Å². The third-order valence-corrected chi connectivity index (χ3v) is 15.9. The zero-order chi connectivity index (χ0) is 60.3. The van der Waals surface area contributed by atoms with Crippen LogP contribution >= 0.6 is 42.6 Å². The molecule has 0 aliphatic carbocycles. The average Bonchev–Trinajstić information content (AvgIpc) is 3.63. The summed E-state index contributed by atoms with van der Waals surface area (Å²) in [6.07, 6.45) is 21.6. The third-order valence-electron chi connectivity index (χ3n) is 14.2. The van der Waals surface area contributed by atoms with E-state index in [0.717, 1.165) is 83.5 Å². The second-order valence-corrected chi connectivity index (χ2v) is 25.2. The molecule has 17 nitrogen and oxygen atoms in total. The van der Waals surface area contributed by atoms with Crippen molar-refractivity contribution in [1.29, 1.82) is 0 Å². The molecule has 2 rings (SSSR count). The Morgan fingerprint density at radius 1 is 0.667 bits per heavy atom. The summed E-state index contributed by atoms with van der Waals surface area (Å²) in [5.41, 5.74) is 0. The summed E-state index contributed by atoms with van der Waals surface area (Å²) < 4.78 is 102. The number of aliphatic hydroxyl groups excluding tert-OH is 1. The van der Waals surface area contributed by atoms with Gasteiger partial charge < -0.3 is 57.8 Å². The number of alkyl carbamates (subject to hydrolysis) is 1. The third kappa shape index (κ3) is 34.2. The van der Waals surface area contributed by atoms with Gasteiger partial charge in [-0.3, -0.25) is 13.6 Å². The molecular formula is C60H109Cl3NO16P. The maximum atomic E-state index is 14.4. The van der Waals surface area contributed by atoms with Gasteiger partial charge in [-0.05, 0) is 32.6 Å². The summed E-state index contributed by atoms with van der Waals surface area (Å²) in [5, 5.41) is 15.1. The van der Waals surface area contributed by atoms with Crippen LogP contribution < -0.4 is 5.32 Å². The first-order valence-corrected chi connectivity index (χ1v) is 33.2. The van der Waals surface area contributed by atoms with E-state index < -0.39 is 92.1 Å². The lowest BCUT2D eigenvalue weighted by Gasteiger charge is -2.47. The molecule has 21 heteroatoms. The van der Waals surface area contributed by atoms with Gasteiger partial charge in [0.15, 0.2) is 6.29 Å². The zero-order valence-corrected chi connectivity index (χ0v) is 53.5. The summed E-state index contributed by atoms with van der Waals surface area (Å²) >= 11 is 18.0. The van der Waals surface area contributed by atoms with Crippen molar-refractivity contribution < 1.29 is 76.8 Å². The van der Waals surface area contributed by atoms with Gasteiger partial charge in [-0.25, -0.2) is 9.36 Å². The van der Waals surface area contributed by atoms with Crippen LogP contribution in [0.4, 0.5) is 4.79 Å². The van der Waals surface area contributed by atoms with Crippen molar-refractivity contribution in [2.45, 2.75) is 272 Å². The molecular weight excluding hydrogens is 1130 g/mol. The first-order chi connectivity index (χ1) is 39.6. The number of unbranched alkanes of at least 4 members (excludes halogenated alkanes) is 20. The van der Waals surface area contributed by atoms with Crippen LogP contribution in [0.5, 0.6) is 0 Å². The number of nitrogens with one attached hydrogen (secondary N) is 1. The highest BCUT2D eigenvalue weighted by Crippen LogP contribution is 2.52. The highest BCUT2D eigenvalue weighted by molar-refractivity contribution is 7.48. The number of allylic oxidation sites excluding steroid dienone is 1. The van der Waals surface area contributed by atoms with E-state index in [4.69, 9.17) is 97.1 Å². The number of aliphatic hydroxyl groups is 1. The molecule has 2 fully saturated rings. The molecule has 0 bridgehead atoms. The summed E-state index contributed by atoms with van der Waals surface area (Å²) in [6.45, 7) is 14.7. The van der Waals surface area contributed by atoms with Gasteiger partial charge in [0.2, 0.25) is 10.1 Å². The minimum atomic E-state index is -4.47. The van der Waals surface area contributed by atoms with Gasteiger partial charge in [0.25, 0.3) is 0 Å². The molecule has 1 amide bonds. The van der Waals surface area contributed by atoms with E-state index in [9.17, 15) is 14.5 Å². The smallest absolute Gasteiger partial charge is 0.470 e. The largest absolute Gasteiger partial charge is 0.475 e. The van der Waals surface area contributed by atoms with Crippen molar-refractivity contribution in [3.05, 3.63) is 37.6 Å². The topological polar surface area (TPSA) is 186 Å². The maximum absolute atomic E-state index is 14.4. The number of hydrogen-bond donors (Lipinski definition) is 2. The van der Waals surface area contributed by atoms with Crippen LogP contribution in [0.1, 0.15) is 202 Å². The minimum Gasteiger partial charge on any atom is -0.470 e. The van der Waals surface area contributed by atoms with Gasteiger partial charge in [-0.2, -0.15) is 0 Å². The number of hydrogen-bond acceptors (Lipinski definition) is 16. The van der Waals surface area contributed by atoms with Crippen LogP contribution in [0.3, 0.4) is 0 Å². The van der Waals surface area contributed by atoms with E-state index in [0.29, 0.717) is 19.4 Å². The normalized spacial score (nSPS) is 24.4. The molecule has 2 aliphatic rings. The number of rotatable bonds is 52. The van der Waals surface area contributed by atoms with Gasteiger partial charge in [0, 0.05) is 35.4 Å². The van der Waals surface area contributed by atoms with E-state index in [1.165, 1.54) is 96.2 Å². The number of carbonyl (C=O) groups is 1. The summed E-state index contributed by atoms with van der Waals surface area (Å²) in [7, 11) is -1.38. The van der Waals surface area contributed by atoms with E-state index >= 15 is 0 Å². The monoisotopic (exact) mass is 1240 g/mol. The lowest BCUT2D eigenvalue weighted by Crippen LogP contribution is -2.67. The van der Waals surface area contributed by atoms with Crippen molar-refractivity contribution in [3.63, 3.8) is 0 Å². The molecule has 2 N–H and O–H groups in total. The Bertz CT molecular complexity index is 1660. The number of amides is 1. The fourth-order valence-electron chi connectivity index (χ4n) is 9.72. The molecule has 0 aromatic rings. The molecule has 12 atom stereocenters. The van der Waals surface area contributed by atoms with E-state index in [1.54, 1.807) is 20.1 Å². The van der Waals surface area contributed by atoms with Gasteiger partial charge in [0.1, 0.15) is 55.4 Å². The zero-order valence-electron chi connectivity index (χ0n) is 51.3. The van der Waals surface area contributed by atoms with E-state index in [2.05, 4.69) is 39.2 Å². The quantitative estimate of drug-likeness (QED) is 0.0192. The fourth-order valence-corrected chi connectivity index (χ4v) is 11.2. The van der Waals surface area contributed by atoms with E-state index in [1.807, 2.05) is 0 Å². The summed E-state index contributed by atoms with van der Waals surface area (Å²) in [4.78, 5) is 13.8. The number of alkyl halides is 3. The molecule has 0 aromatic heterocycles. The number of phosphoric acid groups is 1. The van der Waals surface area contributed by atoms with Crippen LogP contribution in [-0.4, -0.2) is 150 Å². The Labute approximate surface area is 505 Å². The molecule has 2 unspecified atom stereocenters. The molecule has 81 heavy (non-hydrogen) atoms. The number of ether oxygens (including phenoxy) is 10. The number of halogens is 3. The molecule has 0 aromatic carbocycles. The Morgan fingerprint density at radius 2 is 1.20 bits per heavy atom. The Morgan fingerprint density at radius 3 is 1.74 bits per heavy atom.